The number of hydrogen-bond donors (Lipinski definition) is 1. The van der Waals surface area contributed by atoms with Crippen LogP contribution in [0.25, 0.3) is 21.5 Å². The largest absolute Gasteiger partial charge is 0.399 e. The number of rotatable bonds is 0. The third-order valence-electron chi connectivity index (χ3n) is 4.01. The summed E-state index contributed by atoms with van der Waals surface area (Å²) in [5.74, 6) is 6.64. The fourth-order valence-corrected chi connectivity index (χ4v) is 2.85. The number of anilines is 1. The maximum absolute atomic E-state index is 5.73. The second-order valence-corrected chi connectivity index (χ2v) is 5.57. The fourth-order valence-electron chi connectivity index (χ4n) is 2.85. The second kappa shape index (κ2) is 5.51. The van der Waals surface area contributed by atoms with Crippen molar-refractivity contribution < 1.29 is 0 Å². The van der Waals surface area contributed by atoms with Gasteiger partial charge in [0.2, 0.25) is 0 Å². The van der Waals surface area contributed by atoms with Crippen LogP contribution in [0.15, 0.2) is 78.9 Å². The van der Waals surface area contributed by atoms with Crippen LogP contribution in [-0.4, -0.2) is 0 Å². The monoisotopic (exact) mass is 293 g/mol. The minimum atomic E-state index is 0.756. The minimum Gasteiger partial charge on any atom is -0.399 e. The van der Waals surface area contributed by atoms with Crippen LogP contribution in [-0.2, 0) is 0 Å². The minimum absolute atomic E-state index is 0.756. The summed E-state index contributed by atoms with van der Waals surface area (Å²) < 4.78 is 0. The first kappa shape index (κ1) is 13.4. The Kier molecular flexibility index (Phi) is 3.22. The van der Waals surface area contributed by atoms with Crippen LogP contribution in [0, 0.1) is 11.8 Å². The summed E-state index contributed by atoms with van der Waals surface area (Å²) in [6.07, 6.45) is 0. The Labute approximate surface area is 135 Å². The predicted octanol–water partition coefficient (Wildman–Crippen LogP) is 4.98. The third-order valence-corrected chi connectivity index (χ3v) is 4.01. The molecule has 0 aliphatic carbocycles. The average molecular weight is 293 g/mol. The average Bonchev–Trinajstić information content (AvgIpc) is 2.60. The van der Waals surface area contributed by atoms with Gasteiger partial charge in [0.05, 0.1) is 0 Å². The first-order valence-corrected chi connectivity index (χ1v) is 7.59. The van der Waals surface area contributed by atoms with Gasteiger partial charge in [-0.1, -0.05) is 60.4 Å². The highest BCUT2D eigenvalue weighted by atomic mass is 14.5. The van der Waals surface area contributed by atoms with E-state index in [9.17, 15) is 0 Å². The van der Waals surface area contributed by atoms with E-state index in [1.165, 1.54) is 21.5 Å². The lowest BCUT2D eigenvalue weighted by molar-refractivity contribution is 1.63. The van der Waals surface area contributed by atoms with E-state index in [4.69, 9.17) is 5.73 Å². The molecule has 0 saturated heterocycles. The SMILES string of the molecule is Nc1ccc(C#Cc2c3ccccc3cc3ccccc23)cc1. The summed E-state index contributed by atoms with van der Waals surface area (Å²) in [5, 5.41) is 4.81. The molecular formula is C22H15N. The van der Waals surface area contributed by atoms with E-state index in [2.05, 4.69) is 66.4 Å². The van der Waals surface area contributed by atoms with Crippen LogP contribution in [0.5, 0.6) is 0 Å². The predicted molar refractivity (Wildman–Crippen MR) is 98.3 cm³/mol. The molecule has 0 amide bonds. The van der Waals surface area contributed by atoms with Crippen LogP contribution in [0.1, 0.15) is 11.1 Å². The lowest BCUT2D eigenvalue weighted by Gasteiger charge is -2.06. The molecule has 23 heavy (non-hydrogen) atoms. The van der Waals surface area contributed by atoms with Crippen molar-refractivity contribution in [3.8, 4) is 11.8 Å². The number of nitrogens with two attached hydrogens (primary N) is 1. The van der Waals surface area contributed by atoms with Crippen molar-refractivity contribution in [1.82, 2.24) is 0 Å². The second-order valence-electron chi connectivity index (χ2n) is 5.57. The molecular weight excluding hydrogens is 278 g/mol. The molecule has 0 saturated carbocycles. The molecule has 0 radical (unpaired) electrons. The number of hydrogen-bond acceptors (Lipinski definition) is 1. The summed E-state index contributed by atoms with van der Waals surface area (Å²) in [7, 11) is 0. The molecule has 0 heterocycles. The van der Waals surface area contributed by atoms with Gasteiger partial charge in [-0.05, 0) is 51.9 Å². The molecule has 0 aromatic heterocycles. The van der Waals surface area contributed by atoms with Gasteiger partial charge in [0.15, 0.2) is 0 Å². The Morgan fingerprint density at radius 3 is 1.78 bits per heavy atom. The summed E-state index contributed by atoms with van der Waals surface area (Å²) in [5.41, 5.74) is 8.54. The van der Waals surface area contributed by atoms with Crippen LogP contribution >= 0.6 is 0 Å². The Hall–Kier alpha value is -3.24. The van der Waals surface area contributed by atoms with Crippen molar-refractivity contribution in [3.05, 3.63) is 90.0 Å². The van der Waals surface area contributed by atoms with Gasteiger partial charge >= 0.3 is 0 Å². The van der Waals surface area contributed by atoms with E-state index in [-0.39, 0.29) is 0 Å². The Morgan fingerprint density at radius 1 is 0.609 bits per heavy atom. The lowest BCUT2D eigenvalue weighted by atomic mass is 9.97. The fraction of sp³-hybridized carbons (Fsp3) is 0. The molecule has 4 aromatic carbocycles. The molecule has 1 heteroatoms. The number of fused-ring (bicyclic) bond motifs is 2. The molecule has 0 spiro atoms. The molecule has 0 fully saturated rings. The van der Waals surface area contributed by atoms with E-state index in [1.807, 2.05) is 24.3 Å². The van der Waals surface area contributed by atoms with Crippen LogP contribution in [0.3, 0.4) is 0 Å². The Morgan fingerprint density at radius 2 is 1.17 bits per heavy atom. The third kappa shape index (κ3) is 2.52. The maximum atomic E-state index is 5.73. The van der Waals surface area contributed by atoms with Gasteiger partial charge in [-0.25, -0.2) is 0 Å². The van der Waals surface area contributed by atoms with Crippen LogP contribution in [0.4, 0.5) is 5.69 Å². The van der Waals surface area contributed by atoms with Gasteiger partial charge in [-0.3, -0.25) is 0 Å². The molecule has 0 unspecified atom stereocenters. The maximum Gasteiger partial charge on any atom is 0.0405 e. The van der Waals surface area contributed by atoms with Crippen molar-refractivity contribution in [3.63, 3.8) is 0 Å². The van der Waals surface area contributed by atoms with E-state index in [0.717, 1.165) is 16.8 Å². The highest BCUT2D eigenvalue weighted by molar-refractivity contribution is 6.04. The summed E-state index contributed by atoms with van der Waals surface area (Å²) in [6.45, 7) is 0. The van der Waals surface area contributed by atoms with Gasteiger partial charge in [0, 0.05) is 16.8 Å². The number of benzene rings is 4. The molecule has 2 N–H and O–H groups in total. The van der Waals surface area contributed by atoms with Gasteiger partial charge < -0.3 is 5.73 Å². The van der Waals surface area contributed by atoms with Gasteiger partial charge in [0.1, 0.15) is 0 Å². The zero-order chi connectivity index (χ0) is 15.6. The highest BCUT2D eigenvalue weighted by Gasteiger charge is 2.04. The smallest absolute Gasteiger partial charge is 0.0405 e. The molecule has 0 aliphatic rings. The topological polar surface area (TPSA) is 26.0 Å². The number of nitrogen functional groups attached to an aromatic ring is 1. The van der Waals surface area contributed by atoms with E-state index in [1.54, 1.807) is 0 Å². The molecule has 0 bridgehead atoms. The zero-order valence-corrected chi connectivity index (χ0v) is 12.6. The molecule has 0 aliphatic heterocycles. The Bertz CT molecular complexity index is 1010. The molecule has 4 rings (SSSR count). The van der Waals surface area contributed by atoms with E-state index >= 15 is 0 Å². The van der Waals surface area contributed by atoms with Crippen LogP contribution in [0.2, 0.25) is 0 Å². The van der Waals surface area contributed by atoms with Crippen molar-refractivity contribution in [2.24, 2.45) is 0 Å². The van der Waals surface area contributed by atoms with Crippen molar-refractivity contribution >= 4 is 27.2 Å². The zero-order valence-electron chi connectivity index (χ0n) is 12.6. The van der Waals surface area contributed by atoms with Gasteiger partial charge in [-0.15, -0.1) is 0 Å². The normalized spacial score (nSPS) is 10.4. The van der Waals surface area contributed by atoms with E-state index in [0.29, 0.717) is 0 Å². The van der Waals surface area contributed by atoms with Crippen molar-refractivity contribution in [1.29, 1.82) is 0 Å². The standard InChI is InChI=1S/C22H15N/c23-19-12-9-16(10-13-19)11-14-22-20-7-3-1-5-17(20)15-18-6-2-4-8-21(18)22/h1-10,12-13,15H,23H2. The Balaban J connectivity index is 1.98. The molecule has 4 aromatic rings. The first-order chi connectivity index (χ1) is 11.3. The quantitative estimate of drug-likeness (QED) is 0.276. The first-order valence-electron chi connectivity index (χ1n) is 7.59. The van der Waals surface area contributed by atoms with Crippen molar-refractivity contribution in [2.75, 3.05) is 5.73 Å². The van der Waals surface area contributed by atoms with Crippen molar-refractivity contribution in [2.45, 2.75) is 0 Å². The highest BCUT2D eigenvalue weighted by Crippen LogP contribution is 2.27. The molecule has 108 valence electrons. The molecule has 1 nitrogen and oxygen atoms in total. The summed E-state index contributed by atoms with van der Waals surface area (Å²) in [4.78, 5) is 0. The van der Waals surface area contributed by atoms with Crippen LogP contribution < -0.4 is 5.73 Å². The summed E-state index contributed by atoms with van der Waals surface area (Å²) in [6, 6.07) is 26.7. The van der Waals surface area contributed by atoms with Gasteiger partial charge in [-0.2, -0.15) is 0 Å². The van der Waals surface area contributed by atoms with E-state index < -0.39 is 0 Å². The summed E-state index contributed by atoms with van der Waals surface area (Å²) >= 11 is 0. The van der Waals surface area contributed by atoms with Gasteiger partial charge in [0.25, 0.3) is 0 Å². The molecule has 0 atom stereocenters. The lowest BCUT2D eigenvalue weighted by Crippen LogP contribution is -1.85.